The van der Waals surface area contributed by atoms with Crippen LogP contribution in [0.3, 0.4) is 0 Å². The van der Waals surface area contributed by atoms with Crippen molar-refractivity contribution in [3.8, 4) is 0 Å². The Bertz CT molecular complexity index is 1280. The molecule has 3 aromatic rings. The fourth-order valence-corrected chi connectivity index (χ4v) is 4.18. The van der Waals surface area contributed by atoms with Crippen LogP contribution >= 0.6 is 11.6 Å². The maximum atomic E-state index is 12.7. The molecule has 4 rings (SSSR count). The maximum Gasteiger partial charge on any atom is 0.335 e. The lowest BCUT2D eigenvalue weighted by atomic mass is 10.0. The zero-order valence-electron chi connectivity index (χ0n) is 17.3. The van der Waals surface area contributed by atoms with Gasteiger partial charge in [0.25, 0.3) is 0 Å². The second-order valence-electron chi connectivity index (χ2n) is 6.77. The van der Waals surface area contributed by atoms with E-state index in [4.69, 9.17) is 22.4 Å². The summed E-state index contributed by atoms with van der Waals surface area (Å²) in [6.45, 7) is 0. The van der Waals surface area contributed by atoms with Crippen molar-refractivity contribution in [1.29, 1.82) is 0 Å². The van der Waals surface area contributed by atoms with Crippen LogP contribution in [0.2, 0.25) is 5.02 Å². The Morgan fingerprint density at radius 2 is 1.70 bits per heavy atom. The second kappa shape index (κ2) is 10.2. The number of hydrogen-bond acceptors (Lipinski definition) is 5. The minimum atomic E-state index is -1.67. The van der Waals surface area contributed by atoms with Crippen LogP contribution in [0.15, 0.2) is 71.9 Å². The fraction of sp³-hybridized carbons (Fsp3) is 0.0435. The lowest BCUT2D eigenvalue weighted by molar-refractivity contribution is 0.0696. The number of primary amides is 1. The van der Waals surface area contributed by atoms with Crippen LogP contribution in [-0.4, -0.2) is 39.0 Å². The molecule has 0 fully saturated rings. The molecule has 0 bridgehead atoms. The molecule has 0 aliphatic carbocycles. The average Bonchev–Trinajstić information content (AvgIpc) is 2.82. The van der Waals surface area contributed by atoms with Gasteiger partial charge >= 0.3 is 5.97 Å². The monoisotopic (exact) mass is 483 g/mol. The molecular weight excluding hydrogens is 466 g/mol. The summed E-state index contributed by atoms with van der Waals surface area (Å²) in [6, 6.07) is 14.1. The van der Waals surface area contributed by atoms with E-state index in [0.29, 0.717) is 21.8 Å². The predicted molar refractivity (Wildman–Crippen MR) is 126 cm³/mol. The van der Waals surface area contributed by atoms with Gasteiger partial charge in [-0.15, -0.1) is 0 Å². The molecule has 2 heterocycles. The summed E-state index contributed by atoms with van der Waals surface area (Å²) in [4.78, 5) is 38.1. The number of carbonyl (C=O) groups excluding carboxylic acids is 2. The van der Waals surface area contributed by atoms with E-state index in [1.54, 1.807) is 43.4 Å². The molecule has 168 valence electrons. The van der Waals surface area contributed by atoms with Crippen LogP contribution in [-0.2, 0) is 11.0 Å². The third kappa shape index (κ3) is 5.51. The molecule has 10 heteroatoms. The zero-order chi connectivity index (χ0) is 24.1. The topological polar surface area (TPSA) is 131 Å². The van der Waals surface area contributed by atoms with Gasteiger partial charge in [-0.25, -0.2) is 9.00 Å². The Labute approximate surface area is 196 Å². The maximum absolute atomic E-state index is 12.7. The van der Waals surface area contributed by atoms with E-state index in [0.717, 1.165) is 0 Å². The first kappa shape index (κ1) is 23.8. The molecule has 1 aromatic heterocycles. The van der Waals surface area contributed by atoms with Crippen LogP contribution in [0.4, 0.5) is 5.69 Å². The standard InChI is InChI=1S/C17H12ClNO4S.C6H6N2O/c1-19-14-7-4-11(17(21)22)9-13(14)16(20)15(24(19)23)8-10-2-5-12(18)6-3-10;7-6(9)5-1-3-8-4-2-5/h2-9H,1H3,(H,21,22);1-4H,(H2,7,9)/b15-8+;. The number of amides is 1. The Kier molecular flexibility index (Phi) is 7.37. The van der Waals surface area contributed by atoms with Crippen LogP contribution in [0, 0.1) is 0 Å². The number of rotatable bonds is 3. The number of anilines is 1. The lowest BCUT2D eigenvalue weighted by Gasteiger charge is -2.27. The molecule has 1 atom stereocenters. The molecule has 33 heavy (non-hydrogen) atoms. The summed E-state index contributed by atoms with van der Waals surface area (Å²) in [6.07, 6.45) is 4.59. The number of Topliss-reactive ketones (excluding diaryl/α,β-unsaturated/α-hetero) is 1. The molecule has 3 N–H and O–H groups in total. The number of carboxylic acids is 1. The van der Waals surface area contributed by atoms with Crippen LogP contribution in [0.1, 0.15) is 36.6 Å². The van der Waals surface area contributed by atoms with Gasteiger partial charge in [-0.05, 0) is 54.1 Å². The molecule has 1 unspecified atom stereocenters. The molecule has 0 saturated heterocycles. The molecule has 2 aromatic carbocycles. The number of hydrogen-bond donors (Lipinski definition) is 2. The van der Waals surface area contributed by atoms with Gasteiger partial charge in [-0.3, -0.25) is 18.9 Å². The predicted octanol–water partition coefficient (Wildman–Crippen LogP) is 3.56. The van der Waals surface area contributed by atoms with Gasteiger partial charge in [0.05, 0.1) is 11.3 Å². The highest BCUT2D eigenvalue weighted by atomic mass is 35.5. The van der Waals surface area contributed by atoms with Gasteiger partial charge in [0.2, 0.25) is 11.7 Å². The number of benzene rings is 2. The van der Waals surface area contributed by atoms with Crippen LogP contribution < -0.4 is 10.0 Å². The lowest BCUT2D eigenvalue weighted by Crippen LogP contribution is -2.31. The Morgan fingerprint density at radius 3 is 2.24 bits per heavy atom. The summed E-state index contributed by atoms with van der Waals surface area (Å²) in [5, 5.41) is 9.66. The van der Waals surface area contributed by atoms with Crippen LogP contribution in [0.5, 0.6) is 0 Å². The zero-order valence-corrected chi connectivity index (χ0v) is 18.8. The van der Waals surface area contributed by atoms with Crippen molar-refractivity contribution in [2.45, 2.75) is 0 Å². The number of ketones is 1. The smallest absolute Gasteiger partial charge is 0.335 e. The third-order valence-electron chi connectivity index (χ3n) is 4.62. The van der Waals surface area contributed by atoms with Crippen molar-refractivity contribution in [3.05, 3.63) is 99.2 Å². The number of aromatic nitrogens is 1. The molecule has 1 amide bonds. The number of nitrogens with two attached hydrogens (primary N) is 1. The molecular formula is C23H18ClN3O5S. The quantitative estimate of drug-likeness (QED) is 0.548. The fourth-order valence-electron chi connectivity index (χ4n) is 2.92. The van der Waals surface area contributed by atoms with E-state index in [1.807, 2.05) is 0 Å². The first-order valence-electron chi connectivity index (χ1n) is 9.43. The first-order valence-corrected chi connectivity index (χ1v) is 10.9. The van der Waals surface area contributed by atoms with Crippen molar-refractivity contribution < 1.29 is 23.7 Å². The Hall–Kier alpha value is -3.82. The van der Waals surface area contributed by atoms with Crippen molar-refractivity contribution >= 4 is 52.0 Å². The van der Waals surface area contributed by atoms with Gasteiger partial charge < -0.3 is 10.8 Å². The van der Waals surface area contributed by atoms with Gasteiger partial charge in [0.15, 0.2) is 11.0 Å². The summed E-state index contributed by atoms with van der Waals surface area (Å²) in [7, 11) is -0.0781. The van der Waals surface area contributed by atoms with E-state index < -0.39 is 28.6 Å². The highest BCUT2D eigenvalue weighted by Crippen LogP contribution is 2.33. The summed E-state index contributed by atoms with van der Waals surface area (Å²) in [5.41, 5.74) is 6.79. The normalized spacial score (nSPS) is 15.9. The van der Waals surface area contributed by atoms with Gasteiger partial charge in [-0.2, -0.15) is 0 Å². The van der Waals surface area contributed by atoms with Crippen molar-refractivity contribution in [3.63, 3.8) is 0 Å². The second-order valence-corrected chi connectivity index (χ2v) is 8.70. The minimum absolute atomic E-state index is 0.00836. The third-order valence-corrected chi connectivity index (χ3v) is 6.25. The number of aromatic carboxylic acids is 1. The van der Waals surface area contributed by atoms with Gasteiger partial charge in [-0.1, -0.05) is 23.7 Å². The van der Waals surface area contributed by atoms with Gasteiger partial charge in [0.1, 0.15) is 4.91 Å². The van der Waals surface area contributed by atoms with Crippen molar-refractivity contribution in [2.24, 2.45) is 5.73 Å². The number of pyridine rings is 1. The molecule has 1 aliphatic heterocycles. The van der Waals surface area contributed by atoms with Crippen molar-refractivity contribution in [2.75, 3.05) is 11.4 Å². The van der Waals surface area contributed by atoms with Crippen molar-refractivity contribution in [1.82, 2.24) is 4.98 Å². The average molecular weight is 484 g/mol. The number of halogens is 1. The summed E-state index contributed by atoms with van der Waals surface area (Å²) >= 11 is 5.84. The molecule has 0 radical (unpaired) electrons. The number of carboxylic acid groups (broad SMARTS) is 1. The minimum Gasteiger partial charge on any atom is -0.478 e. The summed E-state index contributed by atoms with van der Waals surface area (Å²) < 4.78 is 14.0. The SMILES string of the molecule is CN1c2ccc(C(=O)O)cc2C(=O)/C(=C\c2ccc(Cl)cc2)S1=O.NC(=O)c1ccncc1. The van der Waals surface area contributed by atoms with E-state index in [1.165, 1.54) is 41.0 Å². The molecule has 8 nitrogen and oxygen atoms in total. The highest BCUT2D eigenvalue weighted by molar-refractivity contribution is 7.91. The van der Waals surface area contributed by atoms with Gasteiger partial charge in [0, 0.05) is 35.6 Å². The van der Waals surface area contributed by atoms with E-state index in [2.05, 4.69) is 4.98 Å². The molecule has 0 saturated carbocycles. The number of allylic oxidation sites excluding steroid dienone is 1. The first-order chi connectivity index (χ1) is 15.7. The molecule has 0 spiro atoms. The highest BCUT2D eigenvalue weighted by Gasteiger charge is 2.32. The Morgan fingerprint density at radius 1 is 1.06 bits per heavy atom. The number of fused-ring (bicyclic) bond motifs is 1. The summed E-state index contributed by atoms with van der Waals surface area (Å²) in [5.74, 6) is -1.99. The van der Waals surface area contributed by atoms with E-state index >= 15 is 0 Å². The largest absolute Gasteiger partial charge is 0.478 e. The number of nitrogens with zero attached hydrogens (tertiary/aromatic N) is 2. The molecule has 1 aliphatic rings. The Balaban J connectivity index is 0.000000286. The van der Waals surface area contributed by atoms with E-state index in [9.17, 15) is 18.6 Å². The number of carbonyl (C=O) groups is 3. The van der Waals surface area contributed by atoms with E-state index in [-0.39, 0.29) is 16.0 Å². The van der Waals surface area contributed by atoms with Crippen LogP contribution in [0.25, 0.3) is 6.08 Å².